The third kappa shape index (κ3) is 8.91. The Balaban J connectivity index is 1.60. The molecule has 0 aliphatic heterocycles. The third-order valence-corrected chi connectivity index (χ3v) is 8.93. The lowest BCUT2D eigenvalue weighted by Gasteiger charge is -2.34. The standard InChI is InChI=1S/C31H33Cl3N2O2S/c32-24-12-7-11-23(17-24)20-39-21-30(37)36(19-26-27(33)15-8-16-28(26)34)29(18-22-9-3-1-4-10-22)31(38)35-25-13-5-2-6-14-25/h1,3-4,7-12,15-17,25,29H,2,5-6,13-14,18-21H2,(H,35,38)/t29-/m0/s1. The average Bonchev–Trinajstić information content (AvgIpc) is 2.93. The SMILES string of the molecule is O=C(NC1CCCCC1)[C@H](Cc1ccccc1)N(Cc1c(Cl)cccc1Cl)C(=O)CSCc1cccc(Cl)c1. The van der Waals surface area contributed by atoms with Crippen LogP contribution < -0.4 is 5.32 Å². The first kappa shape index (κ1) is 29.8. The number of nitrogens with one attached hydrogen (secondary N) is 1. The maximum absolute atomic E-state index is 13.9. The number of benzene rings is 3. The summed E-state index contributed by atoms with van der Waals surface area (Å²) in [5, 5.41) is 4.86. The van der Waals surface area contributed by atoms with Crippen molar-refractivity contribution in [2.75, 3.05) is 5.75 Å². The number of thioether (sulfide) groups is 1. The summed E-state index contributed by atoms with van der Waals surface area (Å²) in [6.45, 7) is 0.144. The number of hydrogen-bond donors (Lipinski definition) is 1. The van der Waals surface area contributed by atoms with Crippen molar-refractivity contribution in [2.24, 2.45) is 0 Å². The Morgan fingerprint density at radius 3 is 2.23 bits per heavy atom. The van der Waals surface area contributed by atoms with Crippen molar-refractivity contribution in [3.63, 3.8) is 0 Å². The molecule has 1 aliphatic carbocycles. The lowest BCUT2D eigenvalue weighted by molar-refractivity contribution is -0.139. The summed E-state index contributed by atoms with van der Waals surface area (Å²) in [7, 11) is 0. The number of amides is 2. The Hall–Kier alpha value is -2.18. The zero-order valence-electron chi connectivity index (χ0n) is 21.8. The number of carbonyl (C=O) groups excluding carboxylic acids is 2. The first-order valence-electron chi connectivity index (χ1n) is 13.3. The van der Waals surface area contributed by atoms with Gasteiger partial charge in [-0.3, -0.25) is 9.59 Å². The predicted molar refractivity (Wildman–Crippen MR) is 164 cm³/mol. The molecule has 0 bridgehead atoms. The van der Waals surface area contributed by atoms with Crippen LogP contribution in [0.25, 0.3) is 0 Å². The van der Waals surface area contributed by atoms with Gasteiger partial charge in [0.1, 0.15) is 6.04 Å². The number of halogens is 3. The molecule has 1 fully saturated rings. The summed E-state index contributed by atoms with van der Waals surface area (Å²) in [5.41, 5.74) is 2.66. The molecule has 8 heteroatoms. The Labute approximate surface area is 250 Å². The van der Waals surface area contributed by atoms with E-state index in [9.17, 15) is 9.59 Å². The molecule has 3 aromatic carbocycles. The Morgan fingerprint density at radius 2 is 1.54 bits per heavy atom. The number of rotatable bonds is 11. The average molecular weight is 604 g/mol. The minimum absolute atomic E-state index is 0.127. The summed E-state index contributed by atoms with van der Waals surface area (Å²) in [5.74, 6) is 0.557. The van der Waals surface area contributed by atoms with E-state index in [0.717, 1.165) is 36.8 Å². The highest BCUT2D eigenvalue weighted by molar-refractivity contribution is 7.99. The molecule has 4 nitrogen and oxygen atoms in total. The van der Waals surface area contributed by atoms with Crippen LogP contribution in [0.5, 0.6) is 0 Å². The van der Waals surface area contributed by atoms with Gasteiger partial charge in [0, 0.05) is 45.4 Å². The van der Waals surface area contributed by atoms with Crippen molar-refractivity contribution >= 4 is 58.4 Å². The van der Waals surface area contributed by atoms with Gasteiger partial charge in [-0.1, -0.05) is 103 Å². The van der Waals surface area contributed by atoms with Crippen molar-refractivity contribution < 1.29 is 9.59 Å². The molecule has 0 spiro atoms. The zero-order valence-corrected chi connectivity index (χ0v) is 24.8. The summed E-state index contributed by atoms with van der Waals surface area (Å²) in [6, 6.07) is 22.1. The summed E-state index contributed by atoms with van der Waals surface area (Å²) < 4.78 is 0. The van der Waals surface area contributed by atoms with Crippen LogP contribution in [0.2, 0.25) is 15.1 Å². The van der Waals surface area contributed by atoms with Crippen LogP contribution >= 0.6 is 46.6 Å². The molecule has 3 aromatic rings. The molecule has 1 N–H and O–H groups in total. The minimum atomic E-state index is -0.707. The van der Waals surface area contributed by atoms with Gasteiger partial charge >= 0.3 is 0 Å². The van der Waals surface area contributed by atoms with Crippen LogP contribution in [0, 0.1) is 0 Å². The van der Waals surface area contributed by atoms with E-state index in [-0.39, 0.29) is 30.2 Å². The van der Waals surface area contributed by atoms with Gasteiger partial charge in [-0.15, -0.1) is 11.8 Å². The zero-order chi connectivity index (χ0) is 27.6. The van der Waals surface area contributed by atoms with Gasteiger partial charge < -0.3 is 10.2 Å². The molecule has 4 rings (SSSR count). The van der Waals surface area contributed by atoms with Gasteiger partial charge in [-0.05, 0) is 48.2 Å². The van der Waals surface area contributed by atoms with Gasteiger partial charge in [0.05, 0.1) is 5.75 Å². The Kier molecular flexibility index (Phi) is 11.5. The van der Waals surface area contributed by atoms with E-state index in [1.165, 1.54) is 18.2 Å². The largest absolute Gasteiger partial charge is 0.352 e. The molecule has 0 aromatic heterocycles. The molecule has 39 heavy (non-hydrogen) atoms. The van der Waals surface area contributed by atoms with Crippen molar-refractivity contribution in [3.8, 4) is 0 Å². The van der Waals surface area contributed by atoms with Crippen LogP contribution in [0.1, 0.15) is 48.8 Å². The second-order valence-corrected chi connectivity index (χ2v) is 12.1. The third-order valence-electron chi connectivity index (χ3n) is 7.00. The Morgan fingerprint density at radius 1 is 0.872 bits per heavy atom. The molecule has 1 atom stereocenters. The van der Waals surface area contributed by atoms with E-state index in [4.69, 9.17) is 34.8 Å². The van der Waals surface area contributed by atoms with E-state index < -0.39 is 6.04 Å². The molecular weight excluding hydrogens is 571 g/mol. The second kappa shape index (κ2) is 15.0. The van der Waals surface area contributed by atoms with Gasteiger partial charge in [0.2, 0.25) is 11.8 Å². The fraction of sp³-hybridized carbons (Fsp3) is 0.355. The van der Waals surface area contributed by atoms with Crippen molar-refractivity contribution in [1.82, 2.24) is 10.2 Å². The van der Waals surface area contributed by atoms with E-state index >= 15 is 0 Å². The fourth-order valence-electron chi connectivity index (χ4n) is 4.92. The smallest absolute Gasteiger partial charge is 0.243 e. The molecule has 0 radical (unpaired) electrons. The maximum Gasteiger partial charge on any atom is 0.243 e. The first-order chi connectivity index (χ1) is 18.9. The van der Waals surface area contributed by atoms with Crippen LogP contribution in [-0.4, -0.2) is 34.6 Å². The lowest BCUT2D eigenvalue weighted by atomic mass is 9.94. The second-order valence-electron chi connectivity index (χ2n) is 9.89. The topological polar surface area (TPSA) is 49.4 Å². The van der Waals surface area contributed by atoms with Crippen LogP contribution in [0.3, 0.4) is 0 Å². The normalized spacial score (nSPS) is 14.5. The summed E-state index contributed by atoms with van der Waals surface area (Å²) in [6.07, 6.45) is 5.72. The van der Waals surface area contributed by atoms with E-state index in [0.29, 0.717) is 32.8 Å². The minimum Gasteiger partial charge on any atom is -0.352 e. The van der Waals surface area contributed by atoms with E-state index in [1.54, 1.807) is 23.1 Å². The molecule has 0 unspecified atom stereocenters. The molecule has 1 saturated carbocycles. The lowest BCUT2D eigenvalue weighted by Crippen LogP contribution is -2.53. The highest BCUT2D eigenvalue weighted by atomic mass is 35.5. The molecule has 206 valence electrons. The molecule has 0 saturated heterocycles. The van der Waals surface area contributed by atoms with Crippen LogP contribution in [0.15, 0.2) is 72.8 Å². The van der Waals surface area contributed by atoms with E-state index in [1.807, 2.05) is 54.6 Å². The molecule has 2 amide bonds. The number of hydrogen-bond acceptors (Lipinski definition) is 3. The highest BCUT2D eigenvalue weighted by Crippen LogP contribution is 2.28. The van der Waals surface area contributed by atoms with Gasteiger partial charge in [0.25, 0.3) is 0 Å². The molecule has 1 aliphatic rings. The quantitative estimate of drug-likeness (QED) is 0.242. The van der Waals surface area contributed by atoms with Crippen LogP contribution in [0.4, 0.5) is 0 Å². The Bertz CT molecular complexity index is 1230. The molecular formula is C31H33Cl3N2O2S. The van der Waals surface area contributed by atoms with Gasteiger partial charge in [-0.2, -0.15) is 0 Å². The molecule has 0 heterocycles. The fourth-order valence-corrected chi connectivity index (χ4v) is 6.51. The monoisotopic (exact) mass is 602 g/mol. The van der Waals surface area contributed by atoms with Crippen molar-refractivity contribution in [1.29, 1.82) is 0 Å². The van der Waals surface area contributed by atoms with Crippen molar-refractivity contribution in [2.45, 2.75) is 62.9 Å². The first-order valence-corrected chi connectivity index (χ1v) is 15.6. The van der Waals surface area contributed by atoms with Crippen molar-refractivity contribution in [3.05, 3.63) is 105 Å². The van der Waals surface area contributed by atoms with Gasteiger partial charge in [0.15, 0.2) is 0 Å². The number of nitrogens with zero attached hydrogens (tertiary/aromatic N) is 1. The highest BCUT2D eigenvalue weighted by Gasteiger charge is 2.32. The summed E-state index contributed by atoms with van der Waals surface area (Å²) in [4.78, 5) is 29.4. The predicted octanol–water partition coefficient (Wildman–Crippen LogP) is 7.97. The van der Waals surface area contributed by atoms with Gasteiger partial charge in [-0.25, -0.2) is 0 Å². The van der Waals surface area contributed by atoms with E-state index in [2.05, 4.69) is 5.32 Å². The number of carbonyl (C=O) groups is 2. The van der Waals surface area contributed by atoms with Crippen LogP contribution in [-0.2, 0) is 28.3 Å². The maximum atomic E-state index is 13.9. The summed E-state index contributed by atoms with van der Waals surface area (Å²) >= 11 is 20.7.